The molecule has 0 radical (unpaired) electrons. The monoisotopic (exact) mass is 401 g/mol. The van der Waals surface area contributed by atoms with Crippen LogP contribution in [0.1, 0.15) is 18.9 Å². The molecule has 2 aromatic carbocycles. The Morgan fingerprint density at radius 3 is 2.43 bits per heavy atom. The predicted molar refractivity (Wildman–Crippen MR) is 102 cm³/mol. The number of anilines is 1. The number of para-hydroxylation sites is 1. The second-order valence-corrected chi connectivity index (χ2v) is 7.51. The van der Waals surface area contributed by atoms with Gasteiger partial charge >= 0.3 is 5.97 Å². The van der Waals surface area contributed by atoms with Crippen molar-refractivity contribution < 1.29 is 22.7 Å². The standard InChI is InChI=1S/C19H19N3O5S/c1-14(19(24)22-17-10-6-5-7-15(17)13-20)27-18(23)11-12-21-28(25,26)16-8-3-2-4-9-16/h2-10,14,21H,11-12H2,1H3,(H,22,24). The molecule has 0 aliphatic carbocycles. The first-order chi connectivity index (χ1) is 13.3. The first-order valence-corrected chi connectivity index (χ1v) is 9.86. The molecule has 2 N–H and O–H groups in total. The number of carbonyl (C=O) groups excluding carboxylic acids is 2. The van der Waals surface area contributed by atoms with Gasteiger partial charge < -0.3 is 10.1 Å². The molecule has 0 aromatic heterocycles. The topological polar surface area (TPSA) is 125 Å². The molecule has 146 valence electrons. The van der Waals surface area contributed by atoms with E-state index in [1.165, 1.54) is 19.1 Å². The van der Waals surface area contributed by atoms with Gasteiger partial charge in [0.15, 0.2) is 6.10 Å². The van der Waals surface area contributed by atoms with Crippen LogP contribution in [0.3, 0.4) is 0 Å². The Morgan fingerprint density at radius 1 is 1.11 bits per heavy atom. The van der Waals surface area contributed by atoms with Crippen molar-refractivity contribution in [2.75, 3.05) is 11.9 Å². The van der Waals surface area contributed by atoms with Gasteiger partial charge in [0.2, 0.25) is 10.0 Å². The fourth-order valence-corrected chi connectivity index (χ4v) is 3.26. The number of nitrogens with zero attached hydrogens (tertiary/aromatic N) is 1. The Labute approximate surface area is 163 Å². The molecule has 0 heterocycles. The molecule has 0 fully saturated rings. The van der Waals surface area contributed by atoms with E-state index in [2.05, 4.69) is 10.0 Å². The van der Waals surface area contributed by atoms with Gasteiger partial charge in [-0.15, -0.1) is 0 Å². The Hall–Kier alpha value is -3.22. The van der Waals surface area contributed by atoms with Gasteiger partial charge in [-0.3, -0.25) is 9.59 Å². The van der Waals surface area contributed by atoms with E-state index in [1.54, 1.807) is 42.5 Å². The van der Waals surface area contributed by atoms with Gasteiger partial charge in [-0.1, -0.05) is 30.3 Å². The number of hydrogen-bond donors (Lipinski definition) is 2. The van der Waals surface area contributed by atoms with Gasteiger partial charge in [0.05, 0.1) is 22.6 Å². The van der Waals surface area contributed by atoms with Crippen molar-refractivity contribution in [1.82, 2.24) is 4.72 Å². The van der Waals surface area contributed by atoms with Crippen LogP contribution >= 0.6 is 0 Å². The Balaban J connectivity index is 1.82. The fourth-order valence-electron chi connectivity index (χ4n) is 2.20. The first kappa shape index (κ1) is 21.1. The van der Waals surface area contributed by atoms with Crippen LogP contribution in [0.4, 0.5) is 5.69 Å². The molecule has 0 spiro atoms. The number of esters is 1. The molecule has 1 unspecified atom stereocenters. The average molecular weight is 401 g/mol. The zero-order chi connectivity index (χ0) is 20.6. The maximum atomic E-state index is 12.1. The number of sulfonamides is 1. The van der Waals surface area contributed by atoms with Gasteiger partial charge in [0.25, 0.3) is 5.91 Å². The maximum Gasteiger partial charge on any atom is 0.307 e. The van der Waals surface area contributed by atoms with Crippen molar-refractivity contribution in [2.45, 2.75) is 24.3 Å². The molecular weight excluding hydrogens is 382 g/mol. The van der Waals surface area contributed by atoms with Crippen LogP contribution in [-0.2, 0) is 24.3 Å². The molecule has 8 nitrogen and oxygen atoms in total. The normalized spacial score (nSPS) is 11.9. The predicted octanol–water partition coefficient (Wildman–Crippen LogP) is 1.80. The summed E-state index contributed by atoms with van der Waals surface area (Å²) in [5.41, 5.74) is 0.596. The number of benzene rings is 2. The van der Waals surface area contributed by atoms with Crippen LogP contribution in [0.15, 0.2) is 59.5 Å². The van der Waals surface area contributed by atoms with E-state index in [-0.39, 0.29) is 23.4 Å². The highest BCUT2D eigenvalue weighted by molar-refractivity contribution is 7.89. The summed E-state index contributed by atoms with van der Waals surface area (Å²) in [7, 11) is -3.72. The minimum Gasteiger partial charge on any atom is -0.452 e. The minimum atomic E-state index is -3.72. The van der Waals surface area contributed by atoms with Crippen molar-refractivity contribution >= 4 is 27.6 Å². The second kappa shape index (κ2) is 9.64. The SMILES string of the molecule is CC(OC(=O)CCNS(=O)(=O)c1ccccc1)C(=O)Nc1ccccc1C#N. The minimum absolute atomic E-state index is 0.0901. The second-order valence-electron chi connectivity index (χ2n) is 5.74. The molecule has 2 rings (SSSR count). The highest BCUT2D eigenvalue weighted by atomic mass is 32.2. The van der Waals surface area contributed by atoms with E-state index in [9.17, 15) is 18.0 Å². The van der Waals surface area contributed by atoms with Crippen molar-refractivity contribution in [3.63, 3.8) is 0 Å². The summed E-state index contributed by atoms with van der Waals surface area (Å²) < 4.78 is 31.4. The summed E-state index contributed by atoms with van der Waals surface area (Å²) >= 11 is 0. The molecule has 0 saturated heterocycles. The van der Waals surface area contributed by atoms with Gasteiger partial charge in [-0.25, -0.2) is 13.1 Å². The molecule has 1 amide bonds. The summed E-state index contributed by atoms with van der Waals surface area (Å²) in [5, 5.41) is 11.5. The van der Waals surface area contributed by atoms with E-state index in [4.69, 9.17) is 10.00 Å². The Morgan fingerprint density at radius 2 is 1.75 bits per heavy atom. The summed E-state index contributed by atoms with van der Waals surface area (Å²) in [6.07, 6.45) is -1.34. The fraction of sp³-hybridized carbons (Fsp3) is 0.211. The zero-order valence-corrected chi connectivity index (χ0v) is 15.9. The maximum absolute atomic E-state index is 12.1. The summed E-state index contributed by atoms with van der Waals surface area (Å²) in [4.78, 5) is 24.1. The molecule has 9 heteroatoms. The summed E-state index contributed by atoms with van der Waals surface area (Å²) in [5.74, 6) is -1.33. The molecule has 0 saturated carbocycles. The lowest BCUT2D eigenvalue weighted by atomic mass is 10.2. The van der Waals surface area contributed by atoms with E-state index < -0.39 is 28.0 Å². The van der Waals surface area contributed by atoms with Crippen LogP contribution < -0.4 is 10.0 Å². The van der Waals surface area contributed by atoms with Crippen molar-refractivity contribution in [1.29, 1.82) is 5.26 Å². The van der Waals surface area contributed by atoms with Crippen molar-refractivity contribution in [2.24, 2.45) is 0 Å². The Kier molecular flexibility index (Phi) is 7.26. The molecule has 0 aliphatic heterocycles. The quantitative estimate of drug-likeness (QED) is 0.650. The van der Waals surface area contributed by atoms with E-state index in [0.29, 0.717) is 5.69 Å². The third-order valence-corrected chi connectivity index (χ3v) is 5.13. The lowest BCUT2D eigenvalue weighted by molar-refractivity contribution is -0.152. The van der Waals surface area contributed by atoms with Gasteiger partial charge in [-0.2, -0.15) is 5.26 Å². The lowest BCUT2D eigenvalue weighted by Gasteiger charge is -2.14. The van der Waals surface area contributed by atoms with Gasteiger partial charge in [-0.05, 0) is 31.2 Å². The number of amides is 1. The number of ether oxygens (including phenoxy) is 1. The largest absolute Gasteiger partial charge is 0.452 e. The number of rotatable bonds is 8. The molecule has 28 heavy (non-hydrogen) atoms. The highest BCUT2D eigenvalue weighted by Gasteiger charge is 2.20. The highest BCUT2D eigenvalue weighted by Crippen LogP contribution is 2.14. The van der Waals surface area contributed by atoms with Crippen LogP contribution in [0, 0.1) is 11.3 Å². The van der Waals surface area contributed by atoms with Crippen LogP contribution in [0.25, 0.3) is 0 Å². The number of nitriles is 1. The molecule has 2 aromatic rings. The average Bonchev–Trinajstić information content (AvgIpc) is 2.68. The first-order valence-electron chi connectivity index (χ1n) is 8.37. The number of nitrogens with one attached hydrogen (secondary N) is 2. The number of carbonyl (C=O) groups is 2. The van der Waals surface area contributed by atoms with Crippen LogP contribution in [0.2, 0.25) is 0 Å². The van der Waals surface area contributed by atoms with Gasteiger partial charge in [0.1, 0.15) is 6.07 Å². The van der Waals surface area contributed by atoms with E-state index in [1.807, 2.05) is 6.07 Å². The molecule has 1 atom stereocenters. The summed E-state index contributed by atoms with van der Waals surface area (Å²) in [6, 6.07) is 16.1. The number of hydrogen-bond acceptors (Lipinski definition) is 6. The molecule has 0 aliphatic rings. The Bertz CT molecular complexity index is 984. The van der Waals surface area contributed by atoms with Crippen LogP contribution in [0.5, 0.6) is 0 Å². The smallest absolute Gasteiger partial charge is 0.307 e. The van der Waals surface area contributed by atoms with Crippen molar-refractivity contribution in [3.05, 3.63) is 60.2 Å². The van der Waals surface area contributed by atoms with Crippen molar-refractivity contribution in [3.8, 4) is 6.07 Å². The molecular formula is C19H19N3O5S. The van der Waals surface area contributed by atoms with Crippen LogP contribution in [-0.4, -0.2) is 32.9 Å². The van der Waals surface area contributed by atoms with Gasteiger partial charge in [0, 0.05) is 6.54 Å². The summed E-state index contributed by atoms with van der Waals surface area (Å²) in [6.45, 7) is 1.22. The third kappa shape index (κ3) is 5.90. The zero-order valence-electron chi connectivity index (χ0n) is 15.1. The third-order valence-electron chi connectivity index (χ3n) is 3.66. The van der Waals surface area contributed by atoms with E-state index >= 15 is 0 Å². The lowest BCUT2D eigenvalue weighted by Crippen LogP contribution is -2.32. The molecule has 0 bridgehead atoms. The van der Waals surface area contributed by atoms with E-state index in [0.717, 1.165) is 0 Å².